The summed E-state index contributed by atoms with van der Waals surface area (Å²) >= 11 is 3.52. The predicted molar refractivity (Wildman–Crippen MR) is 110 cm³/mol. The second kappa shape index (κ2) is 7.94. The largest absolute Gasteiger partial charge is 0.394 e. The Kier molecular flexibility index (Phi) is 5.42. The molecule has 0 bridgehead atoms. The minimum atomic E-state index is 0.384. The van der Waals surface area contributed by atoms with Crippen molar-refractivity contribution in [2.45, 2.75) is 37.0 Å². The Labute approximate surface area is 162 Å². The first kappa shape index (κ1) is 17.8. The molecule has 138 valence electrons. The predicted octanol–water partition coefficient (Wildman–Crippen LogP) is 2.77. The summed E-state index contributed by atoms with van der Waals surface area (Å²) in [6.45, 7) is 1.44. The lowest BCUT2D eigenvalue weighted by Crippen LogP contribution is -2.36. The van der Waals surface area contributed by atoms with Gasteiger partial charge in [0.2, 0.25) is 0 Å². The van der Waals surface area contributed by atoms with Gasteiger partial charge >= 0.3 is 0 Å². The quantitative estimate of drug-likeness (QED) is 0.495. The lowest BCUT2D eigenvalue weighted by Gasteiger charge is -2.28. The molecule has 0 spiro atoms. The minimum Gasteiger partial charge on any atom is -0.394 e. The van der Waals surface area contributed by atoms with Gasteiger partial charge in [-0.05, 0) is 25.1 Å². The first-order chi connectivity index (χ1) is 12.8. The number of rotatable bonds is 7. The number of hydrogen-bond donors (Lipinski definition) is 3. The number of aliphatic imine (C=N–C) groups is 1. The summed E-state index contributed by atoms with van der Waals surface area (Å²) < 4.78 is 3.68. The van der Waals surface area contributed by atoms with E-state index in [-0.39, 0.29) is 0 Å². The van der Waals surface area contributed by atoms with E-state index < -0.39 is 0 Å². The molecule has 4 rings (SSSR count). The van der Waals surface area contributed by atoms with Crippen LogP contribution < -0.4 is 10.0 Å². The zero-order chi connectivity index (χ0) is 17.9. The molecule has 2 fully saturated rings. The van der Waals surface area contributed by atoms with E-state index in [2.05, 4.69) is 19.9 Å². The normalized spacial score (nSPS) is 23.2. The molecule has 1 atom stereocenters. The van der Waals surface area contributed by atoms with Crippen molar-refractivity contribution in [2.75, 3.05) is 20.1 Å². The smallest absolute Gasteiger partial charge is 0.165 e. The summed E-state index contributed by atoms with van der Waals surface area (Å²) in [7, 11) is 1.85. The van der Waals surface area contributed by atoms with Crippen LogP contribution in [0.15, 0.2) is 40.1 Å². The van der Waals surface area contributed by atoms with Crippen molar-refractivity contribution in [3.05, 3.63) is 40.1 Å². The van der Waals surface area contributed by atoms with Gasteiger partial charge in [-0.2, -0.15) is 0 Å². The van der Waals surface area contributed by atoms with Crippen molar-refractivity contribution in [3.8, 4) is 0 Å². The van der Waals surface area contributed by atoms with E-state index in [1.807, 2.05) is 36.6 Å². The van der Waals surface area contributed by atoms with Gasteiger partial charge in [0.25, 0.3) is 0 Å². The topological polar surface area (TPSA) is 76.4 Å². The van der Waals surface area contributed by atoms with E-state index in [0.717, 1.165) is 34.6 Å². The van der Waals surface area contributed by atoms with Crippen LogP contribution in [0.2, 0.25) is 0 Å². The summed E-state index contributed by atoms with van der Waals surface area (Å²) in [6, 6.07) is 0.384. The third-order valence-electron chi connectivity index (χ3n) is 4.98. The van der Waals surface area contributed by atoms with Gasteiger partial charge in [0.05, 0.1) is 12.3 Å². The van der Waals surface area contributed by atoms with E-state index in [4.69, 9.17) is 10.4 Å². The van der Waals surface area contributed by atoms with Gasteiger partial charge in [-0.1, -0.05) is 18.4 Å². The highest BCUT2D eigenvalue weighted by molar-refractivity contribution is 7.98. The average molecular weight is 389 g/mol. The summed E-state index contributed by atoms with van der Waals surface area (Å²) in [5.41, 5.74) is 2.78. The third-order valence-corrected chi connectivity index (χ3v) is 7.02. The average Bonchev–Trinajstić information content (AvgIpc) is 3.27. The number of thiazole rings is 1. The van der Waals surface area contributed by atoms with Gasteiger partial charge in [0.1, 0.15) is 0 Å². The number of amidine groups is 1. The number of aromatic nitrogens is 1. The molecule has 3 heterocycles. The third kappa shape index (κ3) is 3.58. The summed E-state index contributed by atoms with van der Waals surface area (Å²) in [4.78, 5) is 11.5. The van der Waals surface area contributed by atoms with Gasteiger partial charge in [-0.25, -0.2) is 4.98 Å². The van der Waals surface area contributed by atoms with Crippen LogP contribution in [-0.4, -0.2) is 52.9 Å². The highest BCUT2D eigenvalue weighted by Gasteiger charge is 2.36. The van der Waals surface area contributed by atoms with Crippen molar-refractivity contribution in [2.24, 2.45) is 4.99 Å². The maximum Gasteiger partial charge on any atom is 0.165 e. The second-order valence-electron chi connectivity index (χ2n) is 6.74. The first-order valence-corrected chi connectivity index (χ1v) is 10.8. The molecule has 1 aromatic rings. The zero-order valence-electron chi connectivity index (χ0n) is 14.9. The maximum absolute atomic E-state index is 8.43. The Morgan fingerprint density at radius 2 is 2.35 bits per heavy atom. The highest BCUT2D eigenvalue weighted by atomic mass is 32.2. The van der Waals surface area contributed by atoms with Crippen LogP contribution >= 0.6 is 23.3 Å². The Morgan fingerprint density at radius 1 is 1.46 bits per heavy atom. The van der Waals surface area contributed by atoms with Crippen molar-refractivity contribution in [1.29, 1.82) is 5.41 Å². The van der Waals surface area contributed by atoms with Gasteiger partial charge in [-0.15, -0.1) is 11.3 Å². The van der Waals surface area contributed by atoms with Crippen LogP contribution in [0.1, 0.15) is 30.7 Å². The molecular weight excluding hydrogens is 364 g/mol. The number of hydrogen-bond acceptors (Lipinski definition) is 8. The molecule has 0 aromatic carbocycles. The molecule has 8 heteroatoms. The molecule has 1 aromatic heterocycles. The SMILES string of the molecule is CN/C=C\C(=N)C1=C2CC(NSC3CCC3)CN2C(c2nccs2)=NC1. The van der Waals surface area contributed by atoms with E-state index in [9.17, 15) is 0 Å². The number of nitrogens with zero attached hydrogens (tertiary/aromatic N) is 3. The molecule has 1 saturated heterocycles. The Bertz CT molecular complexity index is 748. The molecule has 0 radical (unpaired) electrons. The van der Waals surface area contributed by atoms with Gasteiger partial charge < -0.3 is 15.6 Å². The lowest BCUT2D eigenvalue weighted by atomic mass is 10.0. The van der Waals surface area contributed by atoms with E-state index in [1.165, 1.54) is 25.0 Å². The fraction of sp³-hybridized carbons (Fsp3) is 0.500. The van der Waals surface area contributed by atoms with Crippen LogP contribution in [0, 0.1) is 5.41 Å². The number of nitrogens with one attached hydrogen (secondary N) is 3. The van der Waals surface area contributed by atoms with Gasteiger partial charge in [0.15, 0.2) is 10.8 Å². The van der Waals surface area contributed by atoms with E-state index >= 15 is 0 Å². The van der Waals surface area contributed by atoms with Crippen LogP contribution in [0.4, 0.5) is 0 Å². The van der Waals surface area contributed by atoms with Crippen molar-refractivity contribution in [3.63, 3.8) is 0 Å². The molecule has 26 heavy (non-hydrogen) atoms. The molecule has 1 unspecified atom stereocenters. The van der Waals surface area contributed by atoms with Gasteiger partial charge in [-0.3, -0.25) is 9.71 Å². The van der Waals surface area contributed by atoms with Crippen molar-refractivity contribution in [1.82, 2.24) is 19.9 Å². The summed E-state index contributed by atoms with van der Waals surface area (Å²) in [5, 5.41) is 15.1. The number of allylic oxidation sites excluding steroid dienone is 1. The van der Waals surface area contributed by atoms with E-state index in [1.54, 1.807) is 17.5 Å². The summed E-state index contributed by atoms with van der Waals surface area (Å²) in [5.74, 6) is 0.960. The van der Waals surface area contributed by atoms with Crippen LogP contribution in [0.5, 0.6) is 0 Å². The molecule has 1 saturated carbocycles. The standard InChI is InChI=1S/C18H24N6S2/c1-20-6-5-15(19)14-10-22-17(18-21-7-8-25-18)24-11-12(9-16(14)24)23-26-13-3-2-4-13/h5-8,12-13,19-20,23H,2-4,9-11H2,1H3/b6-5-,19-15?. The zero-order valence-corrected chi connectivity index (χ0v) is 16.5. The highest BCUT2D eigenvalue weighted by Crippen LogP contribution is 2.34. The molecule has 2 aliphatic heterocycles. The monoisotopic (exact) mass is 388 g/mol. The lowest BCUT2D eigenvalue weighted by molar-refractivity contribution is 0.511. The molecule has 6 nitrogen and oxygen atoms in total. The Morgan fingerprint density at radius 3 is 3.04 bits per heavy atom. The Balaban J connectivity index is 1.55. The maximum atomic E-state index is 8.43. The van der Waals surface area contributed by atoms with E-state index in [0.29, 0.717) is 18.3 Å². The fourth-order valence-corrected chi connectivity index (χ4v) is 5.12. The first-order valence-electron chi connectivity index (χ1n) is 9.04. The molecule has 0 amide bonds. The van der Waals surface area contributed by atoms with Crippen molar-refractivity contribution < 1.29 is 0 Å². The second-order valence-corrected chi connectivity index (χ2v) is 8.77. The minimum absolute atomic E-state index is 0.384. The molecular formula is C18H24N6S2. The molecule has 3 N–H and O–H groups in total. The van der Waals surface area contributed by atoms with Crippen LogP contribution in [0.25, 0.3) is 0 Å². The number of fused-ring (bicyclic) bond motifs is 1. The van der Waals surface area contributed by atoms with Crippen LogP contribution in [-0.2, 0) is 0 Å². The summed E-state index contributed by atoms with van der Waals surface area (Å²) in [6.07, 6.45) is 10.4. The van der Waals surface area contributed by atoms with Gasteiger partial charge in [0, 0.05) is 54.2 Å². The fourth-order valence-electron chi connectivity index (χ4n) is 3.35. The molecule has 3 aliphatic rings. The van der Waals surface area contributed by atoms with Crippen LogP contribution in [0.3, 0.4) is 0 Å². The van der Waals surface area contributed by atoms with Crippen molar-refractivity contribution >= 4 is 34.8 Å². The molecule has 1 aliphatic carbocycles. The Hall–Kier alpha value is -1.64.